The van der Waals surface area contributed by atoms with Gasteiger partial charge >= 0.3 is 0 Å². The fraction of sp³-hybridized carbons (Fsp3) is 0.556. The zero-order valence-electron chi connectivity index (χ0n) is 8.42. The second-order valence-corrected chi connectivity index (χ2v) is 3.87. The standard InChI is InChI=1S/C9H15ClN4/c1-3-9(2,5-11)14-8-7(10)4-12-6-13-8/h4,6H,3,5,11H2,1-2H3,(H,12,13,14). The van der Waals surface area contributed by atoms with Crippen LogP contribution in [0.1, 0.15) is 20.3 Å². The van der Waals surface area contributed by atoms with Crippen LogP contribution < -0.4 is 11.1 Å². The van der Waals surface area contributed by atoms with E-state index >= 15 is 0 Å². The predicted octanol–water partition coefficient (Wildman–Crippen LogP) is 1.67. The summed E-state index contributed by atoms with van der Waals surface area (Å²) in [6, 6.07) is 0. The van der Waals surface area contributed by atoms with Crippen LogP contribution in [0.3, 0.4) is 0 Å². The van der Waals surface area contributed by atoms with Crippen molar-refractivity contribution in [1.82, 2.24) is 9.97 Å². The number of nitrogens with one attached hydrogen (secondary N) is 1. The van der Waals surface area contributed by atoms with E-state index in [1.54, 1.807) is 6.20 Å². The van der Waals surface area contributed by atoms with Gasteiger partial charge in [-0.05, 0) is 13.3 Å². The van der Waals surface area contributed by atoms with Gasteiger partial charge in [-0.25, -0.2) is 9.97 Å². The molecule has 1 rings (SSSR count). The van der Waals surface area contributed by atoms with Gasteiger partial charge in [0.15, 0.2) is 0 Å². The number of anilines is 1. The normalized spacial score (nSPS) is 14.9. The summed E-state index contributed by atoms with van der Waals surface area (Å²) in [7, 11) is 0. The average molecular weight is 215 g/mol. The Morgan fingerprint density at radius 1 is 1.64 bits per heavy atom. The molecule has 3 N–H and O–H groups in total. The second kappa shape index (κ2) is 4.57. The van der Waals surface area contributed by atoms with Crippen LogP contribution in [0, 0.1) is 0 Å². The van der Waals surface area contributed by atoms with E-state index in [2.05, 4.69) is 22.2 Å². The molecule has 78 valence electrons. The number of nitrogens with two attached hydrogens (primary N) is 1. The maximum atomic E-state index is 5.92. The molecular weight excluding hydrogens is 200 g/mol. The number of aromatic nitrogens is 2. The van der Waals surface area contributed by atoms with Crippen LogP contribution in [0.25, 0.3) is 0 Å². The highest BCUT2D eigenvalue weighted by Crippen LogP contribution is 2.21. The highest BCUT2D eigenvalue weighted by atomic mass is 35.5. The highest BCUT2D eigenvalue weighted by molar-refractivity contribution is 6.32. The van der Waals surface area contributed by atoms with Gasteiger partial charge in [0.1, 0.15) is 17.2 Å². The lowest BCUT2D eigenvalue weighted by atomic mass is 9.99. The minimum Gasteiger partial charge on any atom is -0.362 e. The van der Waals surface area contributed by atoms with Crippen LogP contribution in [0.4, 0.5) is 5.82 Å². The lowest BCUT2D eigenvalue weighted by molar-refractivity contribution is 0.504. The van der Waals surface area contributed by atoms with Gasteiger partial charge in [-0.2, -0.15) is 0 Å². The van der Waals surface area contributed by atoms with Gasteiger partial charge in [0, 0.05) is 12.1 Å². The summed E-state index contributed by atoms with van der Waals surface area (Å²) in [5.74, 6) is 0.636. The Hall–Kier alpha value is -0.870. The lowest BCUT2D eigenvalue weighted by Gasteiger charge is -2.28. The molecule has 5 heteroatoms. The zero-order chi connectivity index (χ0) is 10.6. The van der Waals surface area contributed by atoms with Crippen LogP contribution in [-0.2, 0) is 0 Å². The molecule has 0 spiro atoms. The Morgan fingerprint density at radius 2 is 2.36 bits per heavy atom. The maximum Gasteiger partial charge on any atom is 0.148 e. The first-order valence-corrected chi connectivity index (χ1v) is 4.93. The molecule has 0 aliphatic rings. The summed E-state index contributed by atoms with van der Waals surface area (Å²) in [6.45, 7) is 4.63. The zero-order valence-corrected chi connectivity index (χ0v) is 9.17. The van der Waals surface area contributed by atoms with E-state index in [-0.39, 0.29) is 5.54 Å². The molecule has 14 heavy (non-hydrogen) atoms. The SMILES string of the molecule is CCC(C)(CN)Nc1ncncc1Cl. The van der Waals surface area contributed by atoms with Crippen LogP contribution in [0.15, 0.2) is 12.5 Å². The summed E-state index contributed by atoms with van der Waals surface area (Å²) in [5.41, 5.74) is 5.50. The Bertz CT molecular complexity index is 299. The van der Waals surface area contributed by atoms with Gasteiger partial charge in [-0.3, -0.25) is 0 Å². The fourth-order valence-corrected chi connectivity index (χ4v) is 1.13. The fourth-order valence-electron chi connectivity index (χ4n) is 0.974. The molecule has 0 amide bonds. The second-order valence-electron chi connectivity index (χ2n) is 3.46. The Balaban J connectivity index is 2.82. The first-order chi connectivity index (χ1) is 6.61. The van der Waals surface area contributed by atoms with Crippen LogP contribution in [0.5, 0.6) is 0 Å². The Morgan fingerprint density at radius 3 is 2.86 bits per heavy atom. The average Bonchev–Trinajstić information content (AvgIpc) is 2.21. The predicted molar refractivity (Wildman–Crippen MR) is 58.4 cm³/mol. The van der Waals surface area contributed by atoms with E-state index in [0.717, 1.165) is 6.42 Å². The van der Waals surface area contributed by atoms with Crippen LogP contribution >= 0.6 is 11.6 Å². The molecule has 1 aromatic heterocycles. The van der Waals surface area contributed by atoms with Crippen molar-refractivity contribution < 1.29 is 0 Å². The largest absolute Gasteiger partial charge is 0.362 e. The third-order valence-corrected chi connectivity index (χ3v) is 2.60. The van der Waals surface area contributed by atoms with Gasteiger partial charge in [-0.15, -0.1) is 0 Å². The van der Waals surface area contributed by atoms with Crippen molar-refractivity contribution in [3.63, 3.8) is 0 Å². The summed E-state index contributed by atoms with van der Waals surface area (Å²) in [5, 5.41) is 3.73. The molecule has 0 saturated carbocycles. The molecule has 1 unspecified atom stereocenters. The van der Waals surface area contributed by atoms with E-state index in [4.69, 9.17) is 17.3 Å². The minimum absolute atomic E-state index is 0.169. The lowest BCUT2D eigenvalue weighted by Crippen LogP contribution is -2.42. The minimum atomic E-state index is -0.169. The molecular formula is C9H15ClN4. The van der Waals surface area contributed by atoms with E-state index < -0.39 is 0 Å². The van der Waals surface area contributed by atoms with Crippen molar-refractivity contribution in [2.75, 3.05) is 11.9 Å². The van der Waals surface area contributed by atoms with Crippen molar-refractivity contribution >= 4 is 17.4 Å². The molecule has 1 aromatic rings. The number of halogens is 1. The van der Waals surface area contributed by atoms with Crippen LogP contribution in [-0.4, -0.2) is 22.1 Å². The molecule has 0 fully saturated rings. The number of rotatable bonds is 4. The summed E-state index contributed by atoms with van der Waals surface area (Å²) < 4.78 is 0. The van der Waals surface area contributed by atoms with Crippen molar-refractivity contribution in [3.05, 3.63) is 17.5 Å². The molecule has 0 aromatic carbocycles. The molecule has 4 nitrogen and oxygen atoms in total. The highest BCUT2D eigenvalue weighted by Gasteiger charge is 2.20. The van der Waals surface area contributed by atoms with Gasteiger partial charge in [-0.1, -0.05) is 18.5 Å². The Labute approximate surface area is 88.9 Å². The summed E-state index contributed by atoms with van der Waals surface area (Å²) in [6.07, 6.45) is 3.92. The number of nitrogens with zero attached hydrogens (tertiary/aromatic N) is 2. The van der Waals surface area contributed by atoms with Crippen LogP contribution in [0.2, 0.25) is 5.02 Å². The van der Waals surface area contributed by atoms with Crippen molar-refractivity contribution in [1.29, 1.82) is 0 Å². The summed E-state index contributed by atoms with van der Waals surface area (Å²) in [4.78, 5) is 7.86. The third-order valence-electron chi connectivity index (χ3n) is 2.32. The van der Waals surface area contributed by atoms with E-state index in [1.165, 1.54) is 6.33 Å². The molecule has 0 radical (unpaired) electrons. The molecule has 1 heterocycles. The quantitative estimate of drug-likeness (QED) is 0.801. The van der Waals surface area contributed by atoms with E-state index in [0.29, 0.717) is 17.4 Å². The van der Waals surface area contributed by atoms with E-state index in [9.17, 15) is 0 Å². The van der Waals surface area contributed by atoms with Gasteiger partial charge in [0.05, 0.1) is 6.20 Å². The van der Waals surface area contributed by atoms with Gasteiger partial charge < -0.3 is 11.1 Å². The monoisotopic (exact) mass is 214 g/mol. The smallest absolute Gasteiger partial charge is 0.148 e. The molecule has 0 saturated heterocycles. The van der Waals surface area contributed by atoms with Gasteiger partial charge in [0.25, 0.3) is 0 Å². The van der Waals surface area contributed by atoms with Crippen molar-refractivity contribution in [3.8, 4) is 0 Å². The molecule has 0 aliphatic heterocycles. The van der Waals surface area contributed by atoms with Crippen molar-refractivity contribution in [2.45, 2.75) is 25.8 Å². The van der Waals surface area contributed by atoms with Gasteiger partial charge in [0.2, 0.25) is 0 Å². The first-order valence-electron chi connectivity index (χ1n) is 4.55. The molecule has 0 aliphatic carbocycles. The maximum absolute atomic E-state index is 5.92. The first kappa shape index (κ1) is 11.2. The van der Waals surface area contributed by atoms with E-state index in [1.807, 2.05) is 6.92 Å². The summed E-state index contributed by atoms with van der Waals surface area (Å²) >= 11 is 5.92. The number of hydrogen-bond donors (Lipinski definition) is 2. The molecule has 0 bridgehead atoms. The third kappa shape index (κ3) is 2.56. The van der Waals surface area contributed by atoms with Crippen molar-refractivity contribution in [2.24, 2.45) is 5.73 Å². The number of hydrogen-bond acceptors (Lipinski definition) is 4. The topological polar surface area (TPSA) is 63.8 Å². The Kier molecular flexibility index (Phi) is 3.66. The molecule has 1 atom stereocenters.